The fraction of sp³-hybridized carbons (Fsp3) is 0.583. The second-order valence-electron chi connectivity index (χ2n) is 4.69. The van der Waals surface area contributed by atoms with Crippen molar-refractivity contribution in [1.82, 2.24) is 9.38 Å². The molecule has 2 rings (SSSR count). The van der Waals surface area contributed by atoms with Gasteiger partial charge in [-0.05, 0) is 12.5 Å². The molecule has 0 aliphatic carbocycles. The van der Waals surface area contributed by atoms with E-state index in [1.165, 1.54) is 0 Å². The molecule has 0 saturated carbocycles. The molecule has 2 heterocycles. The lowest BCUT2D eigenvalue weighted by Crippen LogP contribution is -2.30. The van der Waals surface area contributed by atoms with Crippen molar-refractivity contribution >= 4 is 16.3 Å². The van der Waals surface area contributed by atoms with Crippen LogP contribution in [0.5, 0.6) is 0 Å². The highest BCUT2D eigenvalue weighted by atomic mass is 32.1. The Kier molecular flexibility index (Phi) is 3.79. The average molecular weight is 255 g/mol. The molecule has 0 aliphatic rings. The van der Waals surface area contributed by atoms with E-state index >= 15 is 0 Å². The van der Waals surface area contributed by atoms with Gasteiger partial charge in [-0.2, -0.15) is 0 Å². The summed E-state index contributed by atoms with van der Waals surface area (Å²) >= 11 is 1.56. The Morgan fingerprint density at radius 2 is 2.29 bits per heavy atom. The first-order valence-corrected chi connectivity index (χ1v) is 6.75. The largest absolute Gasteiger partial charge is 0.330 e. The summed E-state index contributed by atoms with van der Waals surface area (Å²) < 4.78 is 16.0. The smallest absolute Gasteiger partial charge is 0.193 e. The van der Waals surface area contributed by atoms with E-state index in [0.29, 0.717) is 13.0 Å². The summed E-state index contributed by atoms with van der Waals surface area (Å²) in [6, 6.07) is 0. The number of alkyl halides is 1. The first-order valence-electron chi connectivity index (χ1n) is 5.87. The molecule has 5 heteroatoms. The van der Waals surface area contributed by atoms with Gasteiger partial charge in [0.15, 0.2) is 4.96 Å². The van der Waals surface area contributed by atoms with Gasteiger partial charge < -0.3 is 5.73 Å². The second kappa shape index (κ2) is 5.14. The molecule has 0 fully saturated rings. The molecule has 0 bridgehead atoms. The highest BCUT2D eigenvalue weighted by Crippen LogP contribution is 2.21. The van der Waals surface area contributed by atoms with Gasteiger partial charge in [0, 0.05) is 30.1 Å². The van der Waals surface area contributed by atoms with Crippen molar-refractivity contribution in [2.75, 3.05) is 6.54 Å². The summed E-state index contributed by atoms with van der Waals surface area (Å²) in [6.07, 6.45) is 3.28. The van der Waals surface area contributed by atoms with Gasteiger partial charge in [0.2, 0.25) is 0 Å². The van der Waals surface area contributed by atoms with Crippen LogP contribution in [-0.2, 0) is 6.42 Å². The van der Waals surface area contributed by atoms with Gasteiger partial charge in [-0.3, -0.25) is 4.40 Å². The Balaban J connectivity index is 2.07. The van der Waals surface area contributed by atoms with Crippen LogP contribution < -0.4 is 5.73 Å². The molecule has 17 heavy (non-hydrogen) atoms. The molecule has 2 unspecified atom stereocenters. The van der Waals surface area contributed by atoms with Crippen LogP contribution in [0.25, 0.3) is 4.96 Å². The summed E-state index contributed by atoms with van der Waals surface area (Å²) in [4.78, 5) is 5.31. The maximum Gasteiger partial charge on any atom is 0.193 e. The molecule has 3 nitrogen and oxygen atoms in total. The van der Waals surface area contributed by atoms with E-state index in [9.17, 15) is 4.39 Å². The standard InChI is InChI=1S/C12H18FN3S/c1-8(2)10(6-14)11(13)5-9-7-16-3-4-17-12(16)15-9/h3-4,7-8,10-11H,5-6,14H2,1-2H3. The van der Waals surface area contributed by atoms with Gasteiger partial charge in [-0.15, -0.1) is 11.3 Å². The van der Waals surface area contributed by atoms with Crippen LogP contribution in [0.1, 0.15) is 19.5 Å². The summed E-state index contributed by atoms with van der Waals surface area (Å²) in [7, 11) is 0. The molecular weight excluding hydrogens is 237 g/mol. The summed E-state index contributed by atoms with van der Waals surface area (Å²) in [5, 5.41) is 1.97. The normalized spacial score (nSPS) is 15.6. The Labute approximate surface area is 104 Å². The van der Waals surface area contributed by atoms with Crippen LogP contribution in [0.15, 0.2) is 17.8 Å². The number of hydrogen-bond donors (Lipinski definition) is 1. The molecule has 0 amide bonds. The predicted molar refractivity (Wildman–Crippen MR) is 69.1 cm³/mol. The van der Waals surface area contributed by atoms with Crippen molar-refractivity contribution in [3.05, 3.63) is 23.5 Å². The number of hydrogen-bond acceptors (Lipinski definition) is 3. The van der Waals surface area contributed by atoms with Gasteiger partial charge >= 0.3 is 0 Å². The minimum absolute atomic E-state index is 0.0882. The summed E-state index contributed by atoms with van der Waals surface area (Å²) in [5.41, 5.74) is 6.43. The lowest BCUT2D eigenvalue weighted by molar-refractivity contribution is 0.184. The number of imidazole rings is 1. The van der Waals surface area contributed by atoms with Crippen LogP contribution >= 0.6 is 11.3 Å². The molecule has 0 aromatic carbocycles. The third kappa shape index (κ3) is 2.66. The van der Waals surface area contributed by atoms with Crippen LogP contribution in [-0.4, -0.2) is 22.1 Å². The topological polar surface area (TPSA) is 43.3 Å². The monoisotopic (exact) mass is 255 g/mol. The van der Waals surface area contributed by atoms with Gasteiger partial charge in [0.25, 0.3) is 0 Å². The number of thiazole rings is 1. The summed E-state index contributed by atoms with van der Waals surface area (Å²) in [6.45, 7) is 4.41. The van der Waals surface area contributed by atoms with Gasteiger partial charge in [0.05, 0.1) is 5.69 Å². The number of aromatic nitrogens is 2. The zero-order chi connectivity index (χ0) is 12.4. The lowest BCUT2D eigenvalue weighted by atomic mass is 9.89. The van der Waals surface area contributed by atoms with E-state index in [0.717, 1.165) is 10.7 Å². The van der Waals surface area contributed by atoms with Crippen LogP contribution in [0.4, 0.5) is 4.39 Å². The van der Waals surface area contributed by atoms with Gasteiger partial charge in [0.1, 0.15) is 6.17 Å². The molecule has 0 radical (unpaired) electrons. The molecule has 0 saturated heterocycles. The fourth-order valence-corrected chi connectivity index (χ4v) is 2.78. The van der Waals surface area contributed by atoms with E-state index in [-0.39, 0.29) is 11.8 Å². The van der Waals surface area contributed by atoms with Crippen LogP contribution in [0.2, 0.25) is 0 Å². The van der Waals surface area contributed by atoms with Crippen molar-refractivity contribution in [2.24, 2.45) is 17.6 Å². The molecular formula is C12H18FN3S. The molecule has 2 aromatic rings. The molecule has 0 spiro atoms. The van der Waals surface area contributed by atoms with E-state index in [4.69, 9.17) is 5.73 Å². The number of fused-ring (bicyclic) bond motifs is 1. The third-order valence-corrected chi connectivity index (χ3v) is 3.91. The van der Waals surface area contributed by atoms with Crippen molar-refractivity contribution in [3.8, 4) is 0 Å². The SMILES string of the molecule is CC(C)C(CN)C(F)Cc1cn2ccsc2n1. The Hall–Kier alpha value is -0.940. The van der Waals surface area contributed by atoms with Crippen LogP contribution in [0.3, 0.4) is 0 Å². The maximum absolute atomic E-state index is 14.1. The quantitative estimate of drug-likeness (QED) is 0.892. The third-order valence-electron chi connectivity index (χ3n) is 3.14. The zero-order valence-corrected chi connectivity index (χ0v) is 11.0. The summed E-state index contributed by atoms with van der Waals surface area (Å²) in [5.74, 6) is 0.175. The zero-order valence-electron chi connectivity index (χ0n) is 10.1. The van der Waals surface area contributed by atoms with Gasteiger partial charge in [-0.1, -0.05) is 13.8 Å². The lowest BCUT2D eigenvalue weighted by Gasteiger charge is -2.22. The number of nitrogens with zero attached hydrogens (tertiary/aromatic N) is 2. The van der Waals surface area contributed by atoms with E-state index in [1.807, 2.05) is 36.0 Å². The maximum atomic E-state index is 14.1. The Bertz CT molecular complexity index is 448. The number of halogens is 1. The molecule has 0 aliphatic heterocycles. The van der Waals surface area contributed by atoms with Crippen molar-refractivity contribution in [2.45, 2.75) is 26.4 Å². The van der Waals surface area contributed by atoms with Crippen molar-refractivity contribution < 1.29 is 4.39 Å². The van der Waals surface area contributed by atoms with Crippen molar-refractivity contribution in [1.29, 1.82) is 0 Å². The predicted octanol–water partition coefficient (Wildman–Crippen LogP) is 2.51. The minimum atomic E-state index is -0.912. The first-order chi connectivity index (χ1) is 8.11. The molecule has 2 atom stereocenters. The highest BCUT2D eigenvalue weighted by molar-refractivity contribution is 7.15. The molecule has 2 aromatic heterocycles. The molecule has 2 N–H and O–H groups in total. The van der Waals surface area contributed by atoms with Gasteiger partial charge in [-0.25, -0.2) is 9.37 Å². The fourth-order valence-electron chi connectivity index (χ4n) is 2.06. The van der Waals surface area contributed by atoms with E-state index < -0.39 is 6.17 Å². The average Bonchev–Trinajstić information content (AvgIpc) is 2.77. The Morgan fingerprint density at radius 1 is 1.53 bits per heavy atom. The second-order valence-corrected chi connectivity index (χ2v) is 5.56. The Morgan fingerprint density at radius 3 is 2.88 bits per heavy atom. The number of nitrogens with two attached hydrogens (primary N) is 1. The van der Waals surface area contributed by atoms with Crippen LogP contribution in [0, 0.1) is 11.8 Å². The first kappa shape index (κ1) is 12.5. The van der Waals surface area contributed by atoms with Crippen molar-refractivity contribution in [3.63, 3.8) is 0 Å². The highest BCUT2D eigenvalue weighted by Gasteiger charge is 2.24. The molecule has 94 valence electrons. The van der Waals surface area contributed by atoms with E-state index in [2.05, 4.69) is 4.98 Å². The number of rotatable bonds is 5. The minimum Gasteiger partial charge on any atom is -0.330 e. The van der Waals surface area contributed by atoms with E-state index in [1.54, 1.807) is 11.3 Å².